The summed E-state index contributed by atoms with van der Waals surface area (Å²) < 4.78 is 29.5. The molecule has 0 aromatic heterocycles. The molecule has 142 valence electrons. The van der Waals surface area contributed by atoms with E-state index in [4.69, 9.17) is 0 Å². The fraction of sp³-hybridized carbons (Fsp3) is 0.300. The first-order chi connectivity index (χ1) is 13.0. The zero-order valence-corrected chi connectivity index (χ0v) is 16.1. The average Bonchev–Trinajstić information content (AvgIpc) is 2.87. The van der Waals surface area contributed by atoms with Gasteiger partial charge in [0.2, 0.25) is 0 Å². The summed E-state index contributed by atoms with van der Waals surface area (Å²) in [5.41, 5.74) is 0.922. The van der Waals surface area contributed by atoms with Crippen LogP contribution < -0.4 is 5.32 Å². The number of carbonyl (C=O) groups excluding carboxylic acids is 1. The van der Waals surface area contributed by atoms with Gasteiger partial charge in [-0.15, -0.1) is 4.40 Å². The highest BCUT2D eigenvalue weighted by molar-refractivity contribution is 7.90. The molecule has 0 aliphatic carbocycles. The lowest BCUT2D eigenvalue weighted by atomic mass is 10.2. The number of nitrogens with one attached hydrogen (secondary N) is 1. The van der Waals surface area contributed by atoms with Gasteiger partial charge < -0.3 is 10.2 Å². The van der Waals surface area contributed by atoms with Crippen molar-refractivity contribution >= 4 is 27.5 Å². The van der Waals surface area contributed by atoms with E-state index >= 15 is 0 Å². The number of benzene rings is 2. The van der Waals surface area contributed by atoms with Crippen molar-refractivity contribution in [2.75, 3.05) is 18.9 Å². The molecule has 1 aliphatic rings. The van der Waals surface area contributed by atoms with Gasteiger partial charge in [0.05, 0.1) is 4.90 Å². The Morgan fingerprint density at radius 1 is 1.04 bits per heavy atom. The van der Waals surface area contributed by atoms with Gasteiger partial charge >= 0.3 is 0 Å². The van der Waals surface area contributed by atoms with Crippen LogP contribution in [0.3, 0.4) is 0 Å². The normalized spacial score (nSPS) is 16.8. The standard InChI is InChI=1S/C20H23N3O3S/c1-23-14-7-3-6-13-19(23)22-27(25,26)18-12-8-11-17(15-18)21-20(24)16-9-4-2-5-10-16/h2,4-5,8-12,15H,3,6-7,13-14H2,1H3,(H,21,24)/b22-19-. The zero-order valence-electron chi connectivity index (χ0n) is 15.3. The van der Waals surface area contributed by atoms with E-state index in [9.17, 15) is 13.2 Å². The van der Waals surface area contributed by atoms with E-state index in [-0.39, 0.29) is 10.8 Å². The average molecular weight is 385 g/mol. The molecule has 27 heavy (non-hydrogen) atoms. The third-order valence-corrected chi connectivity index (χ3v) is 5.79. The number of likely N-dealkylation sites (tertiary alicyclic amines) is 1. The largest absolute Gasteiger partial charge is 0.362 e. The first-order valence-electron chi connectivity index (χ1n) is 8.97. The van der Waals surface area contributed by atoms with Crippen molar-refractivity contribution in [3.05, 3.63) is 60.2 Å². The van der Waals surface area contributed by atoms with Gasteiger partial charge in [-0.05, 0) is 43.2 Å². The monoisotopic (exact) mass is 385 g/mol. The molecular formula is C20H23N3O3S. The Morgan fingerprint density at radius 3 is 2.59 bits per heavy atom. The van der Waals surface area contributed by atoms with Gasteiger partial charge in [0.15, 0.2) is 0 Å². The number of carbonyl (C=O) groups is 1. The topological polar surface area (TPSA) is 78.8 Å². The van der Waals surface area contributed by atoms with Crippen LogP contribution in [-0.2, 0) is 10.0 Å². The van der Waals surface area contributed by atoms with Crippen molar-refractivity contribution in [2.45, 2.75) is 30.6 Å². The molecule has 0 radical (unpaired) electrons. The van der Waals surface area contributed by atoms with E-state index in [1.165, 1.54) is 12.1 Å². The molecule has 1 fully saturated rings. The zero-order chi connectivity index (χ0) is 19.3. The summed E-state index contributed by atoms with van der Waals surface area (Å²) in [6.07, 6.45) is 3.70. The van der Waals surface area contributed by atoms with Crippen molar-refractivity contribution in [2.24, 2.45) is 4.40 Å². The van der Waals surface area contributed by atoms with Gasteiger partial charge in [0, 0.05) is 31.3 Å². The van der Waals surface area contributed by atoms with E-state index in [1.807, 2.05) is 18.0 Å². The van der Waals surface area contributed by atoms with Crippen molar-refractivity contribution in [1.82, 2.24) is 4.90 Å². The minimum atomic E-state index is -3.84. The van der Waals surface area contributed by atoms with Crippen LogP contribution in [0.25, 0.3) is 0 Å². The van der Waals surface area contributed by atoms with Gasteiger partial charge in [-0.1, -0.05) is 30.7 Å². The summed E-state index contributed by atoms with van der Waals surface area (Å²) in [5, 5.41) is 2.73. The number of amides is 1. The molecule has 3 rings (SSSR count). The minimum Gasteiger partial charge on any atom is -0.362 e. The van der Waals surface area contributed by atoms with Crippen LogP contribution in [0.4, 0.5) is 5.69 Å². The third-order valence-electron chi connectivity index (χ3n) is 4.49. The van der Waals surface area contributed by atoms with Crippen molar-refractivity contribution in [3.63, 3.8) is 0 Å². The molecule has 1 N–H and O–H groups in total. The van der Waals surface area contributed by atoms with Crippen molar-refractivity contribution in [3.8, 4) is 0 Å². The maximum absolute atomic E-state index is 12.7. The highest BCUT2D eigenvalue weighted by Crippen LogP contribution is 2.20. The maximum Gasteiger partial charge on any atom is 0.284 e. The highest BCUT2D eigenvalue weighted by atomic mass is 32.2. The Bertz CT molecular complexity index is 940. The second kappa shape index (κ2) is 8.35. The van der Waals surface area contributed by atoms with Crippen LogP contribution in [0.15, 0.2) is 63.9 Å². The van der Waals surface area contributed by atoms with Gasteiger partial charge in [0.1, 0.15) is 5.84 Å². The molecule has 0 spiro atoms. The first-order valence-corrected chi connectivity index (χ1v) is 10.4. The predicted octanol–water partition coefficient (Wildman–Crippen LogP) is 3.53. The van der Waals surface area contributed by atoms with Gasteiger partial charge in [-0.3, -0.25) is 4.79 Å². The maximum atomic E-state index is 12.7. The van der Waals surface area contributed by atoms with E-state index < -0.39 is 10.0 Å². The molecule has 0 saturated carbocycles. The molecule has 1 amide bonds. The van der Waals surface area contributed by atoms with Gasteiger partial charge in [0.25, 0.3) is 15.9 Å². The SMILES string of the molecule is CN1CCCCC/C1=N/S(=O)(=O)c1cccc(NC(=O)c2ccccc2)c1. The van der Waals surface area contributed by atoms with Crippen LogP contribution in [0.1, 0.15) is 36.0 Å². The summed E-state index contributed by atoms with van der Waals surface area (Å²) in [4.78, 5) is 14.3. The third kappa shape index (κ3) is 4.95. The quantitative estimate of drug-likeness (QED) is 0.873. The smallest absolute Gasteiger partial charge is 0.284 e. The van der Waals surface area contributed by atoms with Crippen LogP contribution in [0.2, 0.25) is 0 Å². The van der Waals surface area contributed by atoms with Crippen LogP contribution >= 0.6 is 0 Å². The Hall–Kier alpha value is -2.67. The number of hydrogen-bond donors (Lipinski definition) is 1. The van der Waals surface area contributed by atoms with Gasteiger partial charge in [-0.25, -0.2) is 0 Å². The lowest BCUT2D eigenvalue weighted by Crippen LogP contribution is -2.26. The van der Waals surface area contributed by atoms with E-state index in [1.54, 1.807) is 36.4 Å². The summed E-state index contributed by atoms with van der Waals surface area (Å²) in [7, 11) is -1.97. The predicted molar refractivity (Wildman–Crippen MR) is 107 cm³/mol. The van der Waals surface area contributed by atoms with Gasteiger partial charge in [-0.2, -0.15) is 8.42 Å². The summed E-state index contributed by atoms with van der Waals surface area (Å²) in [6.45, 7) is 0.807. The lowest BCUT2D eigenvalue weighted by Gasteiger charge is -2.17. The Balaban J connectivity index is 1.82. The molecule has 1 aliphatic heterocycles. The Kier molecular flexibility index (Phi) is 5.91. The van der Waals surface area contributed by atoms with E-state index in [2.05, 4.69) is 9.71 Å². The Morgan fingerprint density at radius 2 is 1.81 bits per heavy atom. The molecule has 6 nitrogen and oxygen atoms in total. The second-order valence-corrected chi connectivity index (χ2v) is 8.17. The Labute approximate surface area is 160 Å². The summed E-state index contributed by atoms with van der Waals surface area (Å²) >= 11 is 0. The minimum absolute atomic E-state index is 0.0681. The first kappa shape index (κ1) is 19.1. The van der Waals surface area contributed by atoms with Crippen LogP contribution in [0, 0.1) is 0 Å². The second-order valence-electron chi connectivity index (χ2n) is 6.56. The molecule has 2 aromatic rings. The summed E-state index contributed by atoms with van der Waals surface area (Å²) in [5.74, 6) is 0.297. The molecular weight excluding hydrogens is 362 g/mol. The fourth-order valence-corrected chi connectivity index (χ4v) is 4.10. The highest BCUT2D eigenvalue weighted by Gasteiger charge is 2.19. The fourth-order valence-electron chi connectivity index (χ4n) is 2.96. The number of sulfonamides is 1. The molecule has 2 aromatic carbocycles. The molecule has 7 heteroatoms. The lowest BCUT2D eigenvalue weighted by molar-refractivity contribution is 0.102. The number of amidine groups is 1. The van der Waals surface area contributed by atoms with E-state index in [0.29, 0.717) is 23.5 Å². The molecule has 1 saturated heterocycles. The number of hydrogen-bond acceptors (Lipinski definition) is 3. The number of anilines is 1. The van der Waals surface area contributed by atoms with Crippen LogP contribution in [-0.4, -0.2) is 38.7 Å². The van der Waals surface area contributed by atoms with Crippen molar-refractivity contribution in [1.29, 1.82) is 0 Å². The summed E-state index contributed by atoms with van der Waals surface area (Å²) in [6, 6.07) is 15.0. The number of rotatable bonds is 4. The van der Waals surface area contributed by atoms with E-state index in [0.717, 1.165) is 25.8 Å². The van der Waals surface area contributed by atoms with Crippen LogP contribution in [0.5, 0.6) is 0 Å². The number of nitrogens with zero attached hydrogens (tertiary/aromatic N) is 2. The van der Waals surface area contributed by atoms with Crippen molar-refractivity contribution < 1.29 is 13.2 Å². The molecule has 1 heterocycles. The molecule has 0 atom stereocenters. The molecule has 0 unspecified atom stereocenters. The molecule has 0 bridgehead atoms.